The van der Waals surface area contributed by atoms with E-state index in [-0.39, 0.29) is 39.5 Å². The first kappa shape index (κ1) is 24.1. The second-order valence-corrected chi connectivity index (χ2v) is 7.71. The Hall–Kier alpha value is -5.04. The van der Waals surface area contributed by atoms with Gasteiger partial charge in [0.25, 0.3) is 0 Å². The summed E-state index contributed by atoms with van der Waals surface area (Å²) in [4.78, 5) is 50.6. The molecule has 0 unspecified atom stereocenters. The molecule has 7 heteroatoms. The van der Waals surface area contributed by atoms with E-state index in [1.165, 1.54) is 30.3 Å². The van der Waals surface area contributed by atoms with Gasteiger partial charge in [-0.1, -0.05) is 48.5 Å². The third-order valence-corrected chi connectivity index (χ3v) is 5.22. The topological polar surface area (TPSA) is 107 Å². The molecule has 36 heavy (non-hydrogen) atoms. The van der Waals surface area contributed by atoms with Crippen molar-refractivity contribution in [3.8, 4) is 17.2 Å². The Morgan fingerprint density at radius 1 is 0.556 bits per heavy atom. The lowest BCUT2D eigenvalue weighted by Crippen LogP contribution is -2.14. The first-order valence-electron chi connectivity index (χ1n) is 11.0. The molecular formula is C29H20O7. The summed E-state index contributed by atoms with van der Waals surface area (Å²) in [5, 5.41) is 9.89. The van der Waals surface area contributed by atoms with Crippen LogP contribution in [-0.4, -0.2) is 28.6 Å². The molecule has 0 bridgehead atoms. The lowest BCUT2D eigenvalue weighted by Gasteiger charge is -2.12. The number of ketones is 2. The Balaban J connectivity index is 1.61. The van der Waals surface area contributed by atoms with Crippen LogP contribution in [-0.2, 0) is 0 Å². The van der Waals surface area contributed by atoms with Gasteiger partial charge in [0.1, 0.15) is 5.75 Å². The molecule has 0 amide bonds. The molecule has 7 nitrogen and oxygen atoms in total. The van der Waals surface area contributed by atoms with Crippen LogP contribution < -0.4 is 9.47 Å². The van der Waals surface area contributed by atoms with E-state index in [0.29, 0.717) is 0 Å². The van der Waals surface area contributed by atoms with Crippen molar-refractivity contribution in [3.63, 3.8) is 0 Å². The summed E-state index contributed by atoms with van der Waals surface area (Å²) in [7, 11) is 0. The highest BCUT2D eigenvalue weighted by molar-refractivity contribution is 6.14. The number of aromatic hydroxyl groups is 1. The Morgan fingerprint density at radius 3 is 1.67 bits per heavy atom. The van der Waals surface area contributed by atoms with Crippen LogP contribution in [0, 0.1) is 0 Å². The van der Waals surface area contributed by atoms with Crippen molar-refractivity contribution in [2.45, 2.75) is 6.42 Å². The molecule has 4 aromatic rings. The van der Waals surface area contributed by atoms with E-state index >= 15 is 0 Å². The summed E-state index contributed by atoms with van der Waals surface area (Å²) in [6.07, 6.45) is -0.521. The third kappa shape index (κ3) is 5.71. The zero-order valence-electron chi connectivity index (χ0n) is 18.9. The van der Waals surface area contributed by atoms with Gasteiger partial charge in [0, 0.05) is 5.56 Å². The highest BCUT2D eigenvalue weighted by Crippen LogP contribution is 2.31. The lowest BCUT2D eigenvalue weighted by molar-refractivity contribution is 0.0682. The molecule has 4 rings (SSSR count). The van der Waals surface area contributed by atoms with Gasteiger partial charge in [-0.05, 0) is 54.6 Å². The number of hydrogen-bond donors (Lipinski definition) is 1. The fourth-order valence-electron chi connectivity index (χ4n) is 3.36. The predicted molar refractivity (Wildman–Crippen MR) is 131 cm³/mol. The molecule has 0 atom stereocenters. The molecule has 0 spiro atoms. The Bertz CT molecular complexity index is 1430. The zero-order valence-corrected chi connectivity index (χ0v) is 18.9. The van der Waals surface area contributed by atoms with E-state index in [0.717, 1.165) is 0 Å². The second kappa shape index (κ2) is 10.9. The summed E-state index contributed by atoms with van der Waals surface area (Å²) in [5.74, 6) is -2.99. The van der Waals surface area contributed by atoms with E-state index in [2.05, 4.69) is 0 Å². The lowest BCUT2D eigenvalue weighted by atomic mass is 10.0. The minimum absolute atomic E-state index is 0.0231. The summed E-state index contributed by atoms with van der Waals surface area (Å²) in [5.41, 5.74) is 0.625. The molecule has 0 radical (unpaired) electrons. The third-order valence-electron chi connectivity index (χ3n) is 5.22. The molecule has 0 aromatic heterocycles. The van der Waals surface area contributed by atoms with Gasteiger partial charge in [0.2, 0.25) is 0 Å². The SMILES string of the molecule is O=C(CC(=O)c1ccccc1O)c1ccc(OC(=O)c2ccccc2)c(OC(=O)c2ccccc2)c1. The molecule has 0 aliphatic carbocycles. The number of benzene rings is 4. The minimum Gasteiger partial charge on any atom is -0.507 e. The van der Waals surface area contributed by atoms with Gasteiger partial charge in [-0.2, -0.15) is 0 Å². The number of esters is 2. The van der Waals surface area contributed by atoms with E-state index in [9.17, 15) is 24.3 Å². The molecule has 178 valence electrons. The molecule has 0 aliphatic rings. The smallest absolute Gasteiger partial charge is 0.343 e. The van der Waals surface area contributed by atoms with Gasteiger partial charge in [-0.15, -0.1) is 0 Å². The standard InChI is InChI=1S/C29H20O7/c30-23-14-8-7-13-22(23)25(32)18-24(31)21-15-16-26(35-28(33)19-9-3-1-4-10-19)27(17-21)36-29(34)20-11-5-2-6-12-20/h1-17,30H,18H2. The molecule has 0 saturated heterocycles. The van der Waals surface area contributed by atoms with Gasteiger partial charge >= 0.3 is 11.9 Å². The number of phenols is 1. The molecule has 4 aromatic carbocycles. The average molecular weight is 480 g/mol. The van der Waals surface area contributed by atoms with Gasteiger partial charge < -0.3 is 14.6 Å². The van der Waals surface area contributed by atoms with Crippen molar-refractivity contribution in [1.82, 2.24) is 0 Å². The summed E-state index contributed by atoms with van der Waals surface area (Å²) >= 11 is 0. The minimum atomic E-state index is -0.720. The highest BCUT2D eigenvalue weighted by atomic mass is 16.6. The first-order valence-corrected chi connectivity index (χ1v) is 11.0. The number of phenolic OH excluding ortho intramolecular Hbond substituents is 1. The normalized spacial score (nSPS) is 10.3. The van der Waals surface area contributed by atoms with Crippen molar-refractivity contribution >= 4 is 23.5 Å². The van der Waals surface area contributed by atoms with Crippen LogP contribution in [0.3, 0.4) is 0 Å². The number of Topliss-reactive ketones (excluding diaryl/α,β-unsaturated/α-hetero) is 2. The van der Waals surface area contributed by atoms with Crippen LogP contribution >= 0.6 is 0 Å². The summed E-state index contributed by atoms with van der Waals surface area (Å²) in [6.45, 7) is 0. The number of ether oxygens (including phenoxy) is 2. The van der Waals surface area contributed by atoms with E-state index in [4.69, 9.17) is 9.47 Å². The largest absolute Gasteiger partial charge is 0.507 e. The van der Waals surface area contributed by atoms with Crippen molar-refractivity contribution in [2.24, 2.45) is 0 Å². The fraction of sp³-hybridized carbons (Fsp3) is 0.0345. The van der Waals surface area contributed by atoms with E-state index in [1.54, 1.807) is 72.8 Å². The van der Waals surface area contributed by atoms with Gasteiger partial charge in [-0.25, -0.2) is 9.59 Å². The molecule has 0 saturated carbocycles. The number of hydrogen-bond acceptors (Lipinski definition) is 7. The average Bonchev–Trinajstić information content (AvgIpc) is 2.90. The van der Waals surface area contributed by atoms with E-state index < -0.39 is 29.9 Å². The Morgan fingerprint density at radius 2 is 1.08 bits per heavy atom. The maximum atomic E-state index is 12.9. The maximum Gasteiger partial charge on any atom is 0.343 e. The number of carbonyl (C=O) groups excluding carboxylic acids is 4. The van der Waals surface area contributed by atoms with Crippen LogP contribution in [0.15, 0.2) is 103 Å². The van der Waals surface area contributed by atoms with E-state index in [1.807, 2.05) is 0 Å². The van der Waals surface area contributed by atoms with Crippen LogP contribution in [0.4, 0.5) is 0 Å². The monoisotopic (exact) mass is 480 g/mol. The Kier molecular flexibility index (Phi) is 7.31. The number of para-hydroxylation sites is 1. The van der Waals surface area contributed by atoms with Crippen molar-refractivity contribution < 1.29 is 33.8 Å². The predicted octanol–water partition coefficient (Wildman–Crippen LogP) is 5.29. The molecule has 1 N–H and O–H groups in total. The zero-order chi connectivity index (χ0) is 25.5. The van der Waals surface area contributed by atoms with Crippen molar-refractivity contribution in [3.05, 3.63) is 125 Å². The first-order chi connectivity index (χ1) is 17.4. The molecule has 0 heterocycles. The summed E-state index contributed by atoms with van der Waals surface area (Å²) < 4.78 is 10.9. The fourth-order valence-corrected chi connectivity index (χ4v) is 3.36. The number of rotatable bonds is 8. The van der Waals surface area contributed by atoms with Gasteiger partial charge in [0.15, 0.2) is 23.1 Å². The van der Waals surface area contributed by atoms with Crippen LogP contribution in [0.25, 0.3) is 0 Å². The van der Waals surface area contributed by atoms with Gasteiger partial charge in [-0.3, -0.25) is 9.59 Å². The molecule has 0 aliphatic heterocycles. The maximum absolute atomic E-state index is 12.9. The summed E-state index contributed by atoms with van der Waals surface area (Å²) in [6, 6.07) is 26.3. The molecule has 0 fully saturated rings. The Labute approximate surface area is 206 Å². The van der Waals surface area contributed by atoms with Crippen LogP contribution in [0.2, 0.25) is 0 Å². The quantitative estimate of drug-likeness (QED) is 0.158. The van der Waals surface area contributed by atoms with Crippen LogP contribution in [0.5, 0.6) is 17.2 Å². The van der Waals surface area contributed by atoms with Crippen molar-refractivity contribution in [1.29, 1.82) is 0 Å². The number of carbonyl (C=O) groups is 4. The van der Waals surface area contributed by atoms with Crippen molar-refractivity contribution in [2.75, 3.05) is 0 Å². The molecular weight excluding hydrogens is 460 g/mol. The second-order valence-electron chi connectivity index (χ2n) is 7.71. The van der Waals surface area contributed by atoms with Crippen LogP contribution in [0.1, 0.15) is 47.9 Å². The highest BCUT2D eigenvalue weighted by Gasteiger charge is 2.21. The van der Waals surface area contributed by atoms with Gasteiger partial charge in [0.05, 0.1) is 23.1 Å².